The van der Waals surface area contributed by atoms with Gasteiger partial charge in [-0.25, -0.2) is 0 Å². The first kappa shape index (κ1) is 12.7. The molecule has 0 heterocycles. The topological polar surface area (TPSA) is 27.3 Å². The first-order valence-corrected chi connectivity index (χ1v) is 5.20. The molecule has 3 nitrogen and oxygen atoms in total. The Bertz CT molecular complexity index is 148. The van der Waals surface area contributed by atoms with E-state index in [0.717, 1.165) is 24.7 Å². The Labute approximate surface area is 86.9 Å². The van der Waals surface area contributed by atoms with Crippen molar-refractivity contribution in [2.45, 2.75) is 26.8 Å². The van der Waals surface area contributed by atoms with Crippen LogP contribution in [0, 0.1) is 0 Å². The molecule has 4 heteroatoms. The molecule has 0 saturated carbocycles. The minimum atomic E-state index is 0.592. The quantitative estimate of drug-likeness (QED) is 0.647. The molecule has 0 bridgehead atoms. The fourth-order valence-electron chi connectivity index (χ4n) is 0.827. The van der Waals surface area contributed by atoms with Crippen LogP contribution in [0.25, 0.3) is 0 Å². The summed E-state index contributed by atoms with van der Waals surface area (Å²) in [5.74, 6) is 0. The molecule has 0 aliphatic heterocycles. The van der Waals surface area contributed by atoms with Crippen molar-refractivity contribution in [3.05, 3.63) is 0 Å². The van der Waals surface area contributed by atoms with Gasteiger partial charge in [-0.15, -0.1) is 0 Å². The number of nitrogens with zero attached hydrogens (tertiary/aromatic N) is 1. The van der Waals surface area contributed by atoms with Crippen LogP contribution >= 0.6 is 12.2 Å². The predicted molar refractivity (Wildman–Crippen MR) is 62.0 cm³/mol. The molecule has 0 aromatic carbocycles. The Balaban J connectivity index is 3.39. The van der Waals surface area contributed by atoms with Crippen molar-refractivity contribution < 1.29 is 0 Å². The maximum atomic E-state index is 5.03. The van der Waals surface area contributed by atoms with Crippen LogP contribution in [0.2, 0.25) is 0 Å². The van der Waals surface area contributed by atoms with Gasteiger partial charge in [-0.2, -0.15) is 0 Å². The highest BCUT2D eigenvalue weighted by molar-refractivity contribution is 7.80. The summed E-state index contributed by atoms with van der Waals surface area (Å²) in [7, 11) is 2.11. The summed E-state index contributed by atoms with van der Waals surface area (Å²) in [4.78, 5) is 2.28. The van der Waals surface area contributed by atoms with Crippen molar-refractivity contribution in [2.75, 3.05) is 26.7 Å². The third-order valence-electron chi connectivity index (χ3n) is 1.97. The van der Waals surface area contributed by atoms with Crippen molar-refractivity contribution in [3.63, 3.8) is 0 Å². The molecule has 0 fully saturated rings. The van der Waals surface area contributed by atoms with Crippen LogP contribution in [0.5, 0.6) is 0 Å². The van der Waals surface area contributed by atoms with Crippen LogP contribution in [0.15, 0.2) is 0 Å². The van der Waals surface area contributed by atoms with Crippen molar-refractivity contribution in [1.29, 1.82) is 0 Å². The molecule has 2 N–H and O–H groups in total. The number of likely N-dealkylation sites (N-methyl/N-ethyl adjacent to an activating group) is 1. The zero-order valence-electron chi connectivity index (χ0n) is 9.05. The Morgan fingerprint density at radius 2 is 2.00 bits per heavy atom. The Hall–Kier alpha value is -0.350. The molecular weight excluding hydrogens is 182 g/mol. The summed E-state index contributed by atoms with van der Waals surface area (Å²) < 4.78 is 0. The van der Waals surface area contributed by atoms with E-state index >= 15 is 0 Å². The summed E-state index contributed by atoms with van der Waals surface area (Å²) in [5.41, 5.74) is 0. The molecule has 0 aromatic rings. The number of thiocarbonyl (C=S) groups is 1. The second-order valence-electron chi connectivity index (χ2n) is 3.36. The normalized spacial score (nSPS) is 10.6. The van der Waals surface area contributed by atoms with Gasteiger partial charge in [0.25, 0.3) is 0 Å². The van der Waals surface area contributed by atoms with E-state index in [0.29, 0.717) is 6.04 Å². The van der Waals surface area contributed by atoms with E-state index in [1.165, 1.54) is 0 Å². The Kier molecular flexibility index (Phi) is 6.90. The van der Waals surface area contributed by atoms with Crippen molar-refractivity contribution in [3.8, 4) is 0 Å². The van der Waals surface area contributed by atoms with Crippen LogP contribution in [0.3, 0.4) is 0 Å². The third kappa shape index (κ3) is 6.78. The minimum absolute atomic E-state index is 0.592. The lowest BCUT2D eigenvalue weighted by molar-refractivity contribution is 0.278. The molecule has 0 spiro atoms. The van der Waals surface area contributed by atoms with E-state index in [9.17, 15) is 0 Å². The summed E-state index contributed by atoms with van der Waals surface area (Å²) in [6, 6.07) is 0.592. The first-order valence-electron chi connectivity index (χ1n) is 4.79. The summed E-state index contributed by atoms with van der Waals surface area (Å²) in [6.45, 7) is 9.20. The van der Waals surface area contributed by atoms with Crippen LogP contribution in [-0.4, -0.2) is 42.7 Å². The first-order chi connectivity index (χ1) is 6.07. The SMILES string of the molecule is CCNC(=S)NCCN(C)C(C)C. The number of hydrogen-bond acceptors (Lipinski definition) is 2. The highest BCUT2D eigenvalue weighted by Gasteiger charge is 2.01. The lowest BCUT2D eigenvalue weighted by Gasteiger charge is -2.21. The van der Waals surface area contributed by atoms with Crippen molar-refractivity contribution >= 4 is 17.3 Å². The van der Waals surface area contributed by atoms with Crippen LogP contribution in [-0.2, 0) is 0 Å². The summed E-state index contributed by atoms with van der Waals surface area (Å²) in [6.07, 6.45) is 0. The van der Waals surface area contributed by atoms with E-state index in [1.54, 1.807) is 0 Å². The van der Waals surface area contributed by atoms with Crippen molar-refractivity contribution in [1.82, 2.24) is 15.5 Å². The average molecular weight is 203 g/mol. The zero-order chi connectivity index (χ0) is 10.3. The van der Waals surface area contributed by atoms with Gasteiger partial charge in [-0.3, -0.25) is 0 Å². The minimum Gasteiger partial charge on any atom is -0.363 e. The highest BCUT2D eigenvalue weighted by atomic mass is 32.1. The van der Waals surface area contributed by atoms with E-state index in [2.05, 4.69) is 36.4 Å². The molecule has 0 saturated heterocycles. The second kappa shape index (κ2) is 7.09. The van der Waals surface area contributed by atoms with E-state index in [1.807, 2.05) is 6.92 Å². The molecule has 78 valence electrons. The molecule has 13 heavy (non-hydrogen) atoms. The summed E-state index contributed by atoms with van der Waals surface area (Å²) in [5, 5.41) is 6.95. The van der Waals surface area contributed by atoms with Crippen LogP contribution < -0.4 is 10.6 Å². The van der Waals surface area contributed by atoms with Gasteiger partial charge >= 0.3 is 0 Å². The lowest BCUT2D eigenvalue weighted by Crippen LogP contribution is -2.40. The lowest BCUT2D eigenvalue weighted by atomic mass is 10.3. The van der Waals surface area contributed by atoms with Gasteiger partial charge in [-0.05, 0) is 40.0 Å². The van der Waals surface area contributed by atoms with E-state index < -0.39 is 0 Å². The van der Waals surface area contributed by atoms with Crippen LogP contribution in [0.4, 0.5) is 0 Å². The monoisotopic (exact) mass is 203 g/mol. The van der Waals surface area contributed by atoms with Gasteiger partial charge in [0.2, 0.25) is 0 Å². The van der Waals surface area contributed by atoms with Gasteiger partial charge in [0.05, 0.1) is 0 Å². The van der Waals surface area contributed by atoms with Gasteiger partial charge in [0, 0.05) is 25.7 Å². The Morgan fingerprint density at radius 3 is 2.46 bits per heavy atom. The van der Waals surface area contributed by atoms with Gasteiger partial charge in [0.15, 0.2) is 5.11 Å². The maximum absolute atomic E-state index is 5.03. The van der Waals surface area contributed by atoms with Gasteiger partial charge in [0.1, 0.15) is 0 Å². The molecule has 0 aliphatic rings. The van der Waals surface area contributed by atoms with Gasteiger partial charge < -0.3 is 15.5 Å². The third-order valence-corrected chi connectivity index (χ3v) is 2.26. The largest absolute Gasteiger partial charge is 0.363 e. The van der Waals surface area contributed by atoms with Crippen LogP contribution in [0.1, 0.15) is 20.8 Å². The molecule has 0 aliphatic carbocycles. The fraction of sp³-hybridized carbons (Fsp3) is 0.889. The zero-order valence-corrected chi connectivity index (χ0v) is 9.87. The highest BCUT2D eigenvalue weighted by Crippen LogP contribution is 1.90. The number of hydrogen-bond donors (Lipinski definition) is 2. The average Bonchev–Trinajstić information content (AvgIpc) is 2.04. The molecular formula is C9H21N3S. The van der Waals surface area contributed by atoms with Gasteiger partial charge in [-0.1, -0.05) is 0 Å². The standard InChI is InChI=1S/C9H21N3S/c1-5-10-9(13)11-6-7-12(4)8(2)3/h8H,5-7H2,1-4H3,(H2,10,11,13). The maximum Gasteiger partial charge on any atom is 0.166 e. The second-order valence-corrected chi connectivity index (χ2v) is 3.77. The fourth-order valence-corrected chi connectivity index (χ4v) is 1.07. The van der Waals surface area contributed by atoms with E-state index in [4.69, 9.17) is 12.2 Å². The smallest absolute Gasteiger partial charge is 0.166 e. The Morgan fingerprint density at radius 1 is 1.38 bits per heavy atom. The molecule has 0 rings (SSSR count). The summed E-state index contributed by atoms with van der Waals surface area (Å²) >= 11 is 5.03. The number of nitrogens with one attached hydrogen (secondary N) is 2. The molecule has 0 atom stereocenters. The molecule has 0 unspecified atom stereocenters. The molecule has 0 radical (unpaired) electrons. The molecule has 0 aromatic heterocycles. The molecule has 0 amide bonds. The van der Waals surface area contributed by atoms with E-state index in [-0.39, 0.29) is 0 Å². The predicted octanol–water partition coefficient (Wildman–Crippen LogP) is 0.811. The van der Waals surface area contributed by atoms with Crippen molar-refractivity contribution in [2.24, 2.45) is 0 Å². The number of rotatable bonds is 5.